The Morgan fingerprint density at radius 1 is 0.773 bits per heavy atom. The predicted molar refractivity (Wildman–Crippen MR) is 70.0 cm³/mol. The van der Waals surface area contributed by atoms with Crippen molar-refractivity contribution in [2.75, 3.05) is 14.2 Å². The van der Waals surface area contributed by atoms with E-state index in [1.54, 1.807) is 24.3 Å². The molecule has 2 nitrogen and oxygen atoms in total. The standard InChI is InChI=1S/C16H14F2O2.2Li/c1-19-15(11-5-3-7-13(17)9-11)16(20-2)12-6-4-8-14(18)10-12;;/h3-8,15-16H,1-2H3;;/q-2;2*+1/t15-,16-;;/m1../s1. The molecule has 0 spiro atoms. The predicted octanol–water partition coefficient (Wildman–Crippen LogP) is -2.35. The molecule has 106 valence electrons. The van der Waals surface area contributed by atoms with Crippen LogP contribution in [-0.2, 0) is 9.47 Å². The average Bonchev–Trinajstić information content (AvgIpc) is 2.44. The van der Waals surface area contributed by atoms with Crippen LogP contribution in [0.1, 0.15) is 23.3 Å². The first kappa shape index (κ1) is 21.4. The van der Waals surface area contributed by atoms with Crippen LogP contribution in [0.25, 0.3) is 0 Å². The molecule has 2 atom stereocenters. The SMILES string of the molecule is CO[C@H](c1[c-]c(F)ccc1)[C@H](OC)c1[c-]c(F)ccc1.[Li+].[Li+]. The van der Waals surface area contributed by atoms with Gasteiger partial charge in [-0.2, -0.15) is 24.3 Å². The van der Waals surface area contributed by atoms with Crippen molar-refractivity contribution in [3.05, 3.63) is 71.3 Å². The molecule has 0 N–H and O–H groups in total. The molecule has 0 aliphatic heterocycles. The molecule has 6 heteroatoms. The summed E-state index contributed by atoms with van der Waals surface area (Å²) in [6, 6.07) is 14.2. The minimum absolute atomic E-state index is 0. The van der Waals surface area contributed by atoms with Crippen molar-refractivity contribution in [1.29, 1.82) is 0 Å². The second kappa shape index (κ2) is 10.2. The molecule has 0 amide bonds. The summed E-state index contributed by atoms with van der Waals surface area (Å²) in [6.07, 6.45) is -1.21. The quantitative estimate of drug-likeness (QED) is 0.453. The fraction of sp³-hybridized carbons (Fsp3) is 0.250. The van der Waals surface area contributed by atoms with E-state index in [4.69, 9.17) is 9.47 Å². The molecule has 2 rings (SSSR count). The Morgan fingerprint density at radius 2 is 1.14 bits per heavy atom. The Labute approximate surface area is 153 Å². The van der Waals surface area contributed by atoms with Gasteiger partial charge in [-0.15, -0.1) is 35.4 Å². The Bertz CT molecular complexity index is 530. The van der Waals surface area contributed by atoms with E-state index in [0.717, 1.165) is 0 Å². The van der Waals surface area contributed by atoms with Crippen LogP contribution < -0.4 is 37.7 Å². The molecular formula is C16H14F2Li2O2. The van der Waals surface area contributed by atoms with Crippen LogP contribution in [0.4, 0.5) is 8.78 Å². The first-order valence-corrected chi connectivity index (χ1v) is 6.06. The van der Waals surface area contributed by atoms with E-state index >= 15 is 0 Å². The maximum atomic E-state index is 13.3. The largest absolute Gasteiger partial charge is 1.00 e. The minimum Gasteiger partial charge on any atom is -0.376 e. The molecule has 22 heavy (non-hydrogen) atoms. The van der Waals surface area contributed by atoms with Crippen LogP contribution in [0.15, 0.2) is 36.4 Å². The van der Waals surface area contributed by atoms with Crippen molar-refractivity contribution in [3.8, 4) is 0 Å². The molecule has 0 aromatic heterocycles. The molecule has 0 aliphatic rings. The van der Waals surface area contributed by atoms with Crippen molar-refractivity contribution in [2.24, 2.45) is 0 Å². The van der Waals surface area contributed by atoms with Crippen LogP contribution in [-0.4, -0.2) is 14.2 Å². The molecule has 0 radical (unpaired) electrons. The number of ether oxygens (including phenoxy) is 2. The van der Waals surface area contributed by atoms with Gasteiger partial charge < -0.3 is 9.47 Å². The summed E-state index contributed by atoms with van der Waals surface area (Å²) in [7, 11) is 2.96. The third-order valence-corrected chi connectivity index (χ3v) is 2.96. The topological polar surface area (TPSA) is 18.5 Å². The molecule has 2 aromatic carbocycles. The van der Waals surface area contributed by atoms with Gasteiger partial charge in [0.25, 0.3) is 0 Å². The Hall–Kier alpha value is -0.585. The summed E-state index contributed by atoms with van der Waals surface area (Å²) in [4.78, 5) is 0. The van der Waals surface area contributed by atoms with E-state index in [-0.39, 0.29) is 37.7 Å². The van der Waals surface area contributed by atoms with E-state index in [0.29, 0.717) is 11.1 Å². The third kappa shape index (κ3) is 5.25. The molecule has 0 aliphatic carbocycles. The van der Waals surface area contributed by atoms with Crippen LogP contribution in [0.3, 0.4) is 0 Å². The van der Waals surface area contributed by atoms with E-state index in [1.807, 2.05) is 0 Å². The molecular weight excluding hydrogens is 276 g/mol. The Kier molecular flexibility index (Phi) is 9.97. The number of halogens is 2. The van der Waals surface area contributed by atoms with Gasteiger partial charge in [0.05, 0.1) is 12.2 Å². The zero-order chi connectivity index (χ0) is 14.5. The van der Waals surface area contributed by atoms with Crippen molar-refractivity contribution >= 4 is 0 Å². The van der Waals surface area contributed by atoms with Gasteiger partial charge in [0, 0.05) is 25.9 Å². The summed E-state index contributed by atoms with van der Waals surface area (Å²) >= 11 is 0. The fourth-order valence-corrected chi connectivity index (χ4v) is 2.07. The Morgan fingerprint density at radius 3 is 1.41 bits per heavy atom. The van der Waals surface area contributed by atoms with E-state index < -0.39 is 23.8 Å². The van der Waals surface area contributed by atoms with Gasteiger partial charge in [-0.1, -0.05) is 0 Å². The molecule has 2 aromatic rings. The van der Waals surface area contributed by atoms with E-state index in [9.17, 15) is 8.78 Å². The van der Waals surface area contributed by atoms with Gasteiger partial charge in [0.15, 0.2) is 0 Å². The first-order chi connectivity index (χ1) is 9.65. The fourth-order valence-electron chi connectivity index (χ4n) is 2.07. The van der Waals surface area contributed by atoms with Crippen molar-refractivity contribution in [2.45, 2.75) is 12.2 Å². The number of benzene rings is 2. The van der Waals surface area contributed by atoms with Crippen LogP contribution in [0.5, 0.6) is 0 Å². The number of hydrogen-bond acceptors (Lipinski definition) is 2. The van der Waals surface area contributed by atoms with Crippen molar-refractivity contribution < 1.29 is 56.0 Å². The number of rotatable bonds is 5. The van der Waals surface area contributed by atoms with Crippen molar-refractivity contribution in [3.63, 3.8) is 0 Å². The minimum atomic E-state index is -0.603. The molecule has 0 unspecified atom stereocenters. The normalized spacial score (nSPS) is 12.7. The molecule has 0 fully saturated rings. The van der Waals surface area contributed by atoms with E-state index in [1.165, 1.54) is 26.4 Å². The van der Waals surface area contributed by atoms with Gasteiger partial charge in [-0.3, -0.25) is 0 Å². The van der Waals surface area contributed by atoms with Gasteiger partial charge in [0.2, 0.25) is 0 Å². The zero-order valence-electron chi connectivity index (χ0n) is 13.2. The third-order valence-electron chi connectivity index (χ3n) is 2.96. The van der Waals surface area contributed by atoms with Gasteiger partial charge in [0.1, 0.15) is 0 Å². The Balaban J connectivity index is 0.00000220. The summed E-state index contributed by atoms with van der Waals surface area (Å²) in [5.74, 6) is -0.967. The second-order valence-electron chi connectivity index (χ2n) is 4.22. The second-order valence-corrected chi connectivity index (χ2v) is 4.22. The number of methoxy groups -OCH3 is 2. The monoisotopic (exact) mass is 290 g/mol. The first-order valence-electron chi connectivity index (χ1n) is 6.06. The van der Waals surface area contributed by atoms with Crippen LogP contribution >= 0.6 is 0 Å². The van der Waals surface area contributed by atoms with Crippen LogP contribution in [0.2, 0.25) is 0 Å². The summed E-state index contributed by atoms with van der Waals surface area (Å²) < 4.78 is 37.3. The van der Waals surface area contributed by atoms with Gasteiger partial charge >= 0.3 is 37.7 Å². The summed E-state index contributed by atoms with van der Waals surface area (Å²) in [5.41, 5.74) is 0.994. The van der Waals surface area contributed by atoms with Gasteiger partial charge in [-0.25, -0.2) is 8.78 Å². The van der Waals surface area contributed by atoms with Crippen molar-refractivity contribution in [1.82, 2.24) is 0 Å². The molecule has 0 bridgehead atoms. The summed E-state index contributed by atoms with van der Waals surface area (Å²) in [5, 5.41) is 0. The molecule has 0 saturated carbocycles. The van der Waals surface area contributed by atoms with Gasteiger partial charge in [-0.05, 0) is 0 Å². The molecule has 0 heterocycles. The average molecular weight is 290 g/mol. The van der Waals surface area contributed by atoms with Crippen LogP contribution in [0, 0.1) is 23.8 Å². The molecule has 0 saturated heterocycles. The maximum Gasteiger partial charge on any atom is 1.00 e. The summed E-state index contributed by atoms with van der Waals surface area (Å²) in [6.45, 7) is 0. The maximum absolute atomic E-state index is 13.3. The number of hydrogen-bond donors (Lipinski definition) is 0. The smallest absolute Gasteiger partial charge is 0.376 e. The van der Waals surface area contributed by atoms with E-state index in [2.05, 4.69) is 12.1 Å². The zero-order valence-corrected chi connectivity index (χ0v) is 13.2.